The van der Waals surface area contributed by atoms with Crippen LogP contribution in [0.5, 0.6) is 0 Å². The Balaban J connectivity index is 2.29. The molecule has 2 aromatic rings. The van der Waals surface area contributed by atoms with Crippen LogP contribution in [0.4, 0.5) is 11.4 Å². The highest BCUT2D eigenvalue weighted by atomic mass is 35.5. The lowest BCUT2D eigenvalue weighted by molar-refractivity contribution is 0.102. The van der Waals surface area contributed by atoms with E-state index in [4.69, 9.17) is 11.6 Å². The largest absolute Gasteiger partial charge is 0.385 e. The highest BCUT2D eigenvalue weighted by Crippen LogP contribution is 2.23. The van der Waals surface area contributed by atoms with Crippen LogP contribution in [0.1, 0.15) is 29.9 Å². The van der Waals surface area contributed by atoms with Gasteiger partial charge in [0.1, 0.15) is 0 Å². The number of aryl methyl sites for hydroxylation is 2. The molecule has 0 saturated heterocycles. The van der Waals surface area contributed by atoms with E-state index in [-0.39, 0.29) is 5.91 Å². The standard InChI is InChI=1S/C15H19ClN4O/c1-4-12-14(9-20(3)19-12)18-15(21)11-8-10(16)6-7-13(11)17-5-2/h6-9,17H,4-5H2,1-3H3,(H,18,21). The lowest BCUT2D eigenvalue weighted by atomic mass is 10.1. The third kappa shape index (κ3) is 3.55. The number of benzene rings is 1. The molecule has 2 rings (SSSR count). The van der Waals surface area contributed by atoms with Crippen molar-refractivity contribution in [3.05, 3.63) is 40.7 Å². The lowest BCUT2D eigenvalue weighted by Crippen LogP contribution is -2.15. The Morgan fingerprint density at radius 2 is 2.10 bits per heavy atom. The lowest BCUT2D eigenvalue weighted by Gasteiger charge is -2.11. The van der Waals surface area contributed by atoms with Gasteiger partial charge in [-0.05, 0) is 31.5 Å². The average molecular weight is 307 g/mol. The smallest absolute Gasteiger partial charge is 0.257 e. The van der Waals surface area contributed by atoms with Gasteiger partial charge in [0.25, 0.3) is 5.91 Å². The molecule has 0 atom stereocenters. The van der Waals surface area contributed by atoms with E-state index in [1.54, 1.807) is 23.0 Å². The summed E-state index contributed by atoms with van der Waals surface area (Å²) >= 11 is 6.00. The molecule has 0 saturated carbocycles. The zero-order valence-electron chi connectivity index (χ0n) is 12.4. The molecule has 5 nitrogen and oxygen atoms in total. The van der Waals surface area contributed by atoms with Crippen molar-refractivity contribution in [2.75, 3.05) is 17.2 Å². The zero-order valence-corrected chi connectivity index (χ0v) is 13.2. The molecule has 0 aliphatic carbocycles. The molecule has 1 aromatic heterocycles. The van der Waals surface area contributed by atoms with Gasteiger partial charge in [0.05, 0.1) is 16.9 Å². The molecule has 0 radical (unpaired) electrons. The van der Waals surface area contributed by atoms with Crippen LogP contribution in [0.2, 0.25) is 5.02 Å². The molecule has 2 N–H and O–H groups in total. The monoisotopic (exact) mass is 306 g/mol. The van der Waals surface area contributed by atoms with Crippen LogP contribution in [0, 0.1) is 0 Å². The van der Waals surface area contributed by atoms with Crippen molar-refractivity contribution in [2.45, 2.75) is 20.3 Å². The Labute approximate surface area is 129 Å². The Bertz CT molecular complexity index is 651. The summed E-state index contributed by atoms with van der Waals surface area (Å²) in [6.45, 7) is 4.71. The first-order chi connectivity index (χ1) is 10.0. The van der Waals surface area contributed by atoms with Gasteiger partial charge in [0.2, 0.25) is 0 Å². The Hall–Kier alpha value is -2.01. The number of halogens is 1. The van der Waals surface area contributed by atoms with Crippen molar-refractivity contribution in [3.63, 3.8) is 0 Å². The third-order valence-corrected chi connectivity index (χ3v) is 3.32. The van der Waals surface area contributed by atoms with Gasteiger partial charge in [-0.2, -0.15) is 5.10 Å². The van der Waals surface area contributed by atoms with Gasteiger partial charge < -0.3 is 10.6 Å². The molecule has 1 heterocycles. The molecule has 0 aliphatic heterocycles. The van der Waals surface area contributed by atoms with Crippen LogP contribution >= 0.6 is 11.6 Å². The number of aromatic nitrogens is 2. The highest BCUT2D eigenvalue weighted by Gasteiger charge is 2.15. The molecule has 21 heavy (non-hydrogen) atoms. The zero-order chi connectivity index (χ0) is 15.4. The van der Waals surface area contributed by atoms with Gasteiger partial charge in [0, 0.05) is 30.5 Å². The molecule has 1 aromatic carbocycles. The van der Waals surface area contributed by atoms with E-state index in [1.807, 2.05) is 27.0 Å². The molecule has 6 heteroatoms. The number of hydrogen-bond acceptors (Lipinski definition) is 3. The summed E-state index contributed by atoms with van der Waals surface area (Å²) in [6, 6.07) is 5.24. The first kappa shape index (κ1) is 15.4. The minimum absolute atomic E-state index is 0.198. The number of hydrogen-bond donors (Lipinski definition) is 2. The van der Waals surface area contributed by atoms with Crippen LogP contribution in [-0.4, -0.2) is 22.2 Å². The first-order valence-electron chi connectivity index (χ1n) is 6.92. The topological polar surface area (TPSA) is 59.0 Å². The fourth-order valence-corrected chi connectivity index (χ4v) is 2.31. The predicted molar refractivity (Wildman–Crippen MR) is 86.2 cm³/mol. The van der Waals surface area contributed by atoms with E-state index in [0.29, 0.717) is 10.6 Å². The van der Waals surface area contributed by atoms with Crippen LogP contribution in [0.25, 0.3) is 0 Å². The maximum absolute atomic E-state index is 12.5. The van der Waals surface area contributed by atoms with Crippen LogP contribution < -0.4 is 10.6 Å². The van der Waals surface area contributed by atoms with E-state index in [1.165, 1.54) is 0 Å². The fraction of sp³-hybridized carbons (Fsp3) is 0.333. The van der Waals surface area contributed by atoms with E-state index >= 15 is 0 Å². The average Bonchev–Trinajstić information content (AvgIpc) is 2.80. The van der Waals surface area contributed by atoms with Gasteiger partial charge >= 0.3 is 0 Å². The van der Waals surface area contributed by atoms with Crippen molar-refractivity contribution in [1.29, 1.82) is 0 Å². The number of nitrogens with one attached hydrogen (secondary N) is 2. The van der Waals surface area contributed by atoms with Gasteiger partial charge in [-0.15, -0.1) is 0 Å². The number of carbonyl (C=O) groups is 1. The summed E-state index contributed by atoms with van der Waals surface area (Å²) in [5.74, 6) is -0.198. The molecular weight excluding hydrogens is 288 g/mol. The summed E-state index contributed by atoms with van der Waals surface area (Å²) in [6.07, 6.45) is 2.56. The second-order valence-corrected chi connectivity index (χ2v) is 5.13. The van der Waals surface area contributed by atoms with Crippen LogP contribution in [0.15, 0.2) is 24.4 Å². The number of carbonyl (C=O) groups excluding carboxylic acids is 1. The Morgan fingerprint density at radius 3 is 2.76 bits per heavy atom. The summed E-state index contributed by atoms with van der Waals surface area (Å²) in [7, 11) is 1.83. The summed E-state index contributed by atoms with van der Waals surface area (Å²) < 4.78 is 1.69. The number of rotatable bonds is 5. The highest BCUT2D eigenvalue weighted by molar-refractivity contribution is 6.31. The van der Waals surface area contributed by atoms with Gasteiger partial charge in [-0.3, -0.25) is 9.48 Å². The third-order valence-electron chi connectivity index (χ3n) is 3.08. The predicted octanol–water partition coefficient (Wildman–Crippen LogP) is 3.32. The minimum Gasteiger partial charge on any atom is -0.385 e. The minimum atomic E-state index is -0.198. The molecule has 0 fully saturated rings. The number of anilines is 2. The van der Waals surface area contributed by atoms with Gasteiger partial charge in [-0.1, -0.05) is 18.5 Å². The SMILES string of the molecule is CCNc1ccc(Cl)cc1C(=O)Nc1cn(C)nc1CC. The van der Waals surface area contributed by atoms with Crippen LogP contribution in [0.3, 0.4) is 0 Å². The Morgan fingerprint density at radius 1 is 1.33 bits per heavy atom. The summed E-state index contributed by atoms with van der Waals surface area (Å²) in [5, 5.41) is 10.9. The molecular formula is C15H19ClN4O. The second kappa shape index (κ2) is 6.63. The quantitative estimate of drug-likeness (QED) is 0.891. The van der Waals surface area contributed by atoms with Crippen molar-refractivity contribution >= 4 is 28.9 Å². The van der Waals surface area contributed by atoms with E-state index < -0.39 is 0 Å². The fourth-order valence-electron chi connectivity index (χ4n) is 2.14. The first-order valence-corrected chi connectivity index (χ1v) is 7.30. The summed E-state index contributed by atoms with van der Waals surface area (Å²) in [5.41, 5.74) is 2.88. The van der Waals surface area contributed by atoms with E-state index in [2.05, 4.69) is 15.7 Å². The number of nitrogens with zero attached hydrogens (tertiary/aromatic N) is 2. The van der Waals surface area contributed by atoms with Gasteiger partial charge in [0.15, 0.2) is 0 Å². The second-order valence-electron chi connectivity index (χ2n) is 4.69. The summed E-state index contributed by atoms with van der Waals surface area (Å²) in [4.78, 5) is 12.5. The molecule has 0 spiro atoms. The normalized spacial score (nSPS) is 10.5. The molecule has 112 valence electrons. The van der Waals surface area contributed by atoms with Crippen molar-refractivity contribution in [3.8, 4) is 0 Å². The van der Waals surface area contributed by atoms with Crippen LogP contribution in [-0.2, 0) is 13.5 Å². The number of amides is 1. The van der Waals surface area contributed by atoms with Gasteiger partial charge in [-0.25, -0.2) is 0 Å². The maximum Gasteiger partial charge on any atom is 0.257 e. The van der Waals surface area contributed by atoms with Crippen molar-refractivity contribution in [1.82, 2.24) is 9.78 Å². The molecule has 1 amide bonds. The van der Waals surface area contributed by atoms with Crippen molar-refractivity contribution < 1.29 is 4.79 Å². The van der Waals surface area contributed by atoms with Crippen molar-refractivity contribution in [2.24, 2.45) is 7.05 Å². The molecule has 0 bridgehead atoms. The van der Waals surface area contributed by atoms with E-state index in [9.17, 15) is 4.79 Å². The maximum atomic E-state index is 12.5. The van der Waals surface area contributed by atoms with E-state index in [0.717, 1.165) is 30.0 Å². The molecule has 0 aliphatic rings. The molecule has 0 unspecified atom stereocenters. The Kier molecular flexibility index (Phi) is 4.85.